The van der Waals surface area contributed by atoms with Crippen LogP contribution < -0.4 is 0 Å². The van der Waals surface area contributed by atoms with Gasteiger partial charge in [0, 0.05) is 63.1 Å². The fourth-order valence-electron chi connectivity index (χ4n) is 4.10. The van der Waals surface area contributed by atoms with Crippen molar-refractivity contribution in [2.45, 2.75) is 39.0 Å². The van der Waals surface area contributed by atoms with Crippen LogP contribution in [0.15, 0.2) is 97.6 Å². The number of pyridine rings is 4. The van der Waals surface area contributed by atoms with E-state index in [1.807, 2.05) is 73.3 Å². The lowest BCUT2D eigenvalue weighted by Gasteiger charge is -2.34. The Bertz CT molecular complexity index is 1000. The number of aromatic nitrogens is 4. The van der Waals surface area contributed by atoms with Crippen molar-refractivity contribution in [1.82, 2.24) is 29.7 Å². The molecule has 0 aliphatic heterocycles. The summed E-state index contributed by atoms with van der Waals surface area (Å²) in [5.41, 5.74) is 4.23. The third kappa shape index (κ3) is 6.53. The molecule has 6 heteroatoms. The highest BCUT2D eigenvalue weighted by Gasteiger charge is 2.22. The largest absolute Gasteiger partial charge is 0.288 e. The van der Waals surface area contributed by atoms with E-state index < -0.39 is 0 Å². The lowest BCUT2D eigenvalue weighted by atomic mass is 10.1. The Morgan fingerprint density at radius 3 is 1.24 bits per heavy atom. The smallest absolute Gasteiger partial charge is 0.0572 e. The van der Waals surface area contributed by atoms with Crippen molar-refractivity contribution < 1.29 is 0 Å². The molecule has 0 radical (unpaired) electrons. The minimum absolute atomic E-state index is 0.157. The van der Waals surface area contributed by atoms with Crippen LogP contribution in [0.1, 0.15) is 48.7 Å². The Labute approximate surface area is 202 Å². The highest BCUT2D eigenvalue weighted by atomic mass is 15.2. The summed E-state index contributed by atoms with van der Waals surface area (Å²) in [5.74, 6) is 0. The van der Waals surface area contributed by atoms with Gasteiger partial charge in [0.15, 0.2) is 0 Å². The van der Waals surface area contributed by atoms with Crippen LogP contribution in [0.3, 0.4) is 0 Å². The maximum absolute atomic E-state index is 4.62. The van der Waals surface area contributed by atoms with Crippen molar-refractivity contribution in [3.63, 3.8) is 0 Å². The van der Waals surface area contributed by atoms with Gasteiger partial charge in [-0.15, -0.1) is 0 Å². The number of rotatable bonds is 11. The van der Waals surface area contributed by atoms with Crippen molar-refractivity contribution in [1.29, 1.82) is 0 Å². The second-order valence-electron chi connectivity index (χ2n) is 8.44. The van der Waals surface area contributed by atoms with Gasteiger partial charge in [0.1, 0.15) is 0 Å². The molecule has 4 rings (SSSR count). The highest BCUT2D eigenvalue weighted by molar-refractivity contribution is 5.12. The zero-order chi connectivity index (χ0) is 23.6. The molecule has 6 nitrogen and oxygen atoms in total. The molecule has 174 valence electrons. The molecule has 4 aromatic heterocycles. The van der Waals surface area contributed by atoms with Gasteiger partial charge >= 0.3 is 0 Å². The maximum atomic E-state index is 4.62. The van der Waals surface area contributed by atoms with Crippen LogP contribution >= 0.6 is 0 Å². The van der Waals surface area contributed by atoms with E-state index in [1.165, 1.54) is 0 Å². The van der Waals surface area contributed by atoms with Crippen molar-refractivity contribution in [2.24, 2.45) is 0 Å². The summed E-state index contributed by atoms with van der Waals surface area (Å²) < 4.78 is 0. The SMILES string of the molecule is C[C@@H](c1ccccn1)N(CCN(Cc1ccccn1)[C@@H](C)c1ccccn1)Cc1ccccn1. The van der Waals surface area contributed by atoms with Crippen LogP contribution in [0.4, 0.5) is 0 Å². The minimum atomic E-state index is 0.157. The highest BCUT2D eigenvalue weighted by Crippen LogP contribution is 2.23. The molecule has 4 heterocycles. The molecular weight excluding hydrogens is 420 g/mol. The molecule has 0 amide bonds. The first-order valence-corrected chi connectivity index (χ1v) is 11.8. The van der Waals surface area contributed by atoms with Gasteiger partial charge in [0.05, 0.1) is 22.8 Å². The fraction of sp³-hybridized carbons (Fsp3) is 0.286. The van der Waals surface area contributed by atoms with Crippen LogP contribution in [0.25, 0.3) is 0 Å². The van der Waals surface area contributed by atoms with Crippen LogP contribution in [0, 0.1) is 0 Å². The van der Waals surface area contributed by atoms with Gasteiger partial charge in [0.25, 0.3) is 0 Å². The summed E-state index contributed by atoms with van der Waals surface area (Å²) in [4.78, 5) is 23.3. The summed E-state index contributed by atoms with van der Waals surface area (Å²) in [5, 5.41) is 0. The predicted octanol–water partition coefficient (Wildman–Crippen LogP) is 5.09. The molecule has 0 aromatic carbocycles. The standard InChI is InChI=1S/C28H32N6/c1-23(27-13-5-9-17-31-27)33(21-25-11-3-7-15-29-25)19-20-34(22-26-12-4-8-16-30-26)24(2)28-14-6-10-18-32-28/h3-18,23-24H,19-22H2,1-2H3/t23-,24-/m0/s1. The van der Waals surface area contributed by atoms with Crippen molar-refractivity contribution in [2.75, 3.05) is 13.1 Å². The van der Waals surface area contributed by atoms with Crippen molar-refractivity contribution in [3.05, 3.63) is 120 Å². The molecule has 0 bridgehead atoms. The number of nitrogens with zero attached hydrogens (tertiary/aromatic N) is 6. The molecule has 0 N–H and O–H groups in total. The third-order valence-electron chi connectivity index (χ3n) is 6.18. The van der Waals surface area contributed by atoms with Crippen LogP contribution in [0.5, 0.6) is 0 Å². The molecular formula is C28H32N6. The quantitative estimate of drug-likeness (QED) is 0.316. The van der Waals surface area contributed by atoms with Crippen molar-refractivity contribution >= 4 is 0 Å². The van der Waals surface area contributed by atoms with E-state index in [0.29, 0.717) is 0 Å². The van der Waals surface area contributed by atoms with E-state index in [9.17, 15) is 0 Å². The van der Waals surface area contributed by atoms with Gasteiger partial charge in [-0.05, 0) is 62.4 Å². The van der Waals surface area contributed by atoms with Gasteiger partial charge in [-0.2, -0.15) is 0 Å². The third-order valence-corrected chi connectivity index (χ3v) is 6.18. The predicted molar refractivity (Wildman–Crippen MR) is 135 cm³/mol. The molecule has 2 atom stereocenters. The van der Waals surface area contributed by atoms with E-state index in [2.05, 4.69) is 67.8 Å². The Balaban J connectivity index is 1.55. The second-order valence-corrected chi connectivity index (χ2v) is 8.44. The first kappa shape index (κ1) is 23.7. The van der Waals surface area contributed by atoms with E-state index in [4.69, 9.17) is 0 Å². The lowest BCUT2D eigenvalue weighted by molar-refractivity contribution is 0.129. The molecule has 0 saturated heterocycles. The zero-order valence-corrected chi connectivity index (χ0v) is 19.9. The lowest BCUT2D eigenvalue weighted by Crippen LogP contribution is -2.38. The van der Waals surface area contributed by atoms with Crippen LogP contribution in [-0.2, 0) is 13.1 Å². The van der Waals surface area contributed by atoms with Crippen LogP contribution in [0.2, 0.25) is 0 Å². The molecule has 0 saturated carbocycles. The van der Waals surface area contributed by atoms with E-state index in [0.717, 1.165) is 49.0 Å². The first-order valence-electron chi connectivity index (χ1n) is 11.8. The second kappa shape index (κ2) is 12.1. The normalized spacial score (nSPS) is 13.2. The Morgan fingerprint density at radius 1 is 0.529 bits per heavy atom. The monoisotopic (exact) mass is 452 g/mol. The van der Waals surface area contributed by atoms with Crippen molar-refractivity contribution in [3.8, 4) is 0 Å². The first-order chi connectivity index (χ1) is 16.7. The molecule has 0 aliphatic carbocycles. The Morgan fingerprint density at radius 2 is 0.912 bits per heavy atom. The van der Waals surface area contributed by atoms with Gasteiger partial charge < -0.3 is 0 Å². The molecule has 0 spiro atoms. The van der Waals surface area contributed by atoms with E-state index in [-0.39, 0.29) is 12.1 Å². The molecule has 0 aliphatic rings. The average Bonchev–Trinajstić information content (AvgIpc) is 2.91. The Hall–Kier alpha value is -3.48. The number of hydrogen-bond acceptors (Lipinski definition) is 6. The summed E-state index contributed by atoms with van der Waals surface area (Å²) in [7, 11) is 0. The minimum Gasteiger partial charge on any atom is -0.288 e. The molecule has 4 aromatic rings. The van der Waals surface area contributed by atoms with Crippen LogP contribution in [-0.4, -0.2) is 42.8 Å². The average molecular weight is 453 g/mol. The number of hydrogen-bond donors (Lipinski definition) is 0. The van der Waals surface area contributed by atoms with Gasteiger partial charge in [0.2, 0.25) is 0 Å². The fourth-order valence-corrected chi connectivity index (χ4v) is 4.10. The van der Waals surface area contributed by atoms with E-state index >= 15 is 0 Å². The molecule has 34 heavy (non-hydrogen) atoms. The maximum Gasteiger partial charge on any atom is 0.0572 e. The van der Waals surface area contributed by atoms with Gasteiger partial charge in [-0.25, -0.2) is 0 Å². The van der Waals surface area contributed by atoms with E-state index in [1.54, 1.807) is 0 Å². The Kier molecular flexibility index (Phi) is 8.43. The summed E-state index contributed by atoms with van der Waals surface area (Å²) in [6.45, 7) is 7.67. The molecule has 0 fully saturated rings. The topological polar surface area (TPSA) is 58.0 Å². The summed E-state index contributed by atoms with van der Waals surface area (Å²) in [6, 6.07) is 24.7. The van der Waals surface area contributed by atoms with Gasteiger partial charge in [-0.3, -0.25) is 29.7 Å². The van der Waals surface area contributed by atoms with Gasteiger partial charge in [-0.1, -0.05) is 24.3 Å². The molecule has 0 unspecified atom stereocenters. The summed E-state index contributed by atoms with van der Waals surface area (Å²) in [6.07, 6.45) is 7.44. The summed E-state index contributed by atoms with van der Waals surface area (Å²) >= 11 is 0. The zero-order valence-electron chi connectivity index (χ0n) is 19.9.